The monoisotopic (exact) mass is 461 g/mol. The van der Waals surface area contributed by atoms with Gasteiger partial charge in [-0.3, -0.25) is 15.0 Å². The van der Waals surface area contributed by atoms with Crippen molar-refractivity contribution in [3.63, 3.8) is 0 Å². The quantitative estimate of drug-likeness (QED) is 0.151. The molecule has 166 valence electrons. The average molecular weight is 462 g/mol. The summed E-state index contributed by atoms with van der Waals surface area (Å²) in [6, 6.07) is 9.10. The molecule has 0 aliphatic rings. The summed E-state index contributed by atoms with van der Waals surface area (Å²) in [5.74, 6) is 0.765. The lowest BCUT2D eigenvalue weighted by Gasteiger charge is -2.07. The Morgan fingerprint density at radius 1 is 1.19 bits per heavy atom. The van der Waals surface area contributed by atoms with Crippen LogP contribution in [0.4, 0.5) is 5.82 Å². The molecular weight excluding hydrogens is 434 g/mol. The Kier molecular flexibility index (Phi) is 11.5. The molecule has 0 radical (unpaired) electrons. The molecule has 0 unspecified atom stereocenters. The lowest BCUT2D eigenvalue weighted by atomic mass is 10.2. The second kappa shape index (κ2) is 14.4. The summed E-state index contributed by atoms with van der Waals surface area (Å²) in [4.78, 5) is 32.3. The van der Waals surface area contributed by atoms with E-state index in [2.05, 4.69) is 25.8 Å². The molecule has 8 nitrogen and oxygen atoms in total. The molecule has 0 bridgehead atoms. The van der Waals surface area contributed by atoms with Gasteiger partial charge >= 0.3 is 5.97 Å². The molecule has 2 aromatic heterocycles. The van der Waals surface area contributed by atoms with Crippen molar-refractivity contribution >= 4 is 45.0 Å². The molecule has 0 fully saturated rings. The van der Waals surface area contributed by atoms with E-state index in [1.807, 2.05) is 32.0 Å². The van der Waals surface area contributed by atoms with Crippen molar-refractivity contribution in [1.82, 2.24) is 15.3 Å². The van der Waals surface area contributed by atoms with Gasteiger partial charge in [-0.15, -0.1) is 0 Å². The number of rotatable bonds is 13. The molecule has 2 heterocycles. The van der Waals surface area contributed by atoms with Gasteiger partial charge in [-0.25, -0.2) is 9.97 Å². The molecule has 1 amide bonds. The van der Waals surface area contributed by atoms with Crippen molar-refractivity contribution in [3.05, 3.63) is 48.3 Å². The predicted octanol–water partition coefficient (Wildman–Crippen LogP) is 4.17. The molecule has 31 heavy (non-hydrogen) atoms. The van der Waals surface area contributed by atoms with Gasteiger partial charge in [-0.1, -0.05) is 23.8 Å². The first kappa shape index (κ1) is 24.7. The SMILES string of the molecule is CC/C(C)=N\Nc1ccc(C(=O)NCCCOC(=O)CCSSc2ccccn2)cn1. The number of carbonyl (C=O) groups excluding carboxylic acids is 2. The maximum absolute atomic E-state index is 12.1. The van der Waals surface area contributed by atoms with Crippen LogP contribution in [0.5, 0.6) is 0 Å². The number of ether oxygens (including phenoxy) is 1. The molecule has 0 aliphatic carbocycles. The van der Waals surface area contributed by atoms with Gasteiger partial charge in [0.1, 0.15) is 10.8 Å². The van der Waals surface area contributed by atoms with Crippen LogP contribution in [0.25, 0.3) is 0 Å². The zero-order chi connectivity index (χ0) is 22.3. The minimum Gasteiger partial charge on any atom is -0.466 e. The van der Waals surface area contributed by atoms with Crippen molar-refractivity contribution in [1.29, 1.82) is 0 Å². The fourth-order valence-corrected chi connectivity index (χ4v) is 3.93. The molecule has 0 saturated carbocycles. The zero-order valence-corrected chi connectivity index (χ0v) is 19.3. The van der Waals surface area contributed by atoms with E-state index in [1.165, 1.54) is 17.0 Å². The lowest BCUT2D eigenvalue weighted by molar-refractivity contribution is -0.143. The molecule has 2 aromatic rings. The van der Waals surface area contributed by atoms with Crippen LogP contribution in [0.1, 0.15) is 43.5 Å². The Bertz CT molecular complexity index is 848. The fraction of sp³-hybridized carbons (Fsp3) is 0.381. The maximum Gasteiger partial charge on any atom is 0.306 e. The summed E-state index contributed by atoms with van der Waals surface area (Å²) in [5, 5.41) is 7.87. The number of hydrogen-bond donors (Lipinski definition) is 2. The lowest BCUT2D eigenvalue weighted by Crippen LogP contribution is -2.25. The Morgan fingerprint density at radius 3 is 2.77 bits per heavy atom. The summed E-state index contributed by atoms with van der Waals surface area (Å²) in [5.41, 5.74) is 4.27. The number of hydrazone groups is 1. The highest BCUT2D eigenvalue weighted by Gasteiger charge is 2.07. The molecule has 0 spiro atoms. The number of amides is 1. The summed E-state index contributed by atoms with van der Waals surface area (Å²) < 4.78 is 5.19. The van der Waals surface area contributed by atoms with Crippen molar-refractivity contribution in [3.8, 4) is 0 Å². The van der Waals surface area contributed by atoms with E-state index < -0.39 is 0 Å². The number of aromatic nitrogens is 2. The van der Waals surface area contributed by atoms with E-state index in [4.69, 9.17) is 4.74 Å². The molecule has 10 heteroatoms. The first-order valence-electron chi connectivity index (χ1n) is 9.98. The van der Waals surface area contributed by atoms with Crippen molar-refractivity contribution in [2.24, 2.45) is 5.10 Å². The van der Waals surface area contributed by atoms with Crippen LogP contribution >= 0.6 is 21.6 Å². The average Bonchev–Trinajstić information content (AvgIpc) is 2.81. The standard InChI is InChI=1S/C21H27N5O3S2/c1-3-16(2)25-26-18-9-8-17(15-24-18)21(28)23-12-6-13-29-20(27)10-14-30-31-19-7-4-5-11-22-19/h4-5,7-9,11,15H,3,6,10,12-14H2,1-2H3,(H,23,28)(H,24,26)/b25-16-. The first-order valence-corrected chi connectivity index (χ1v) is 12.3. The van der Waals surface area contributed by atoms with Gasteiger partial charge in [0.05, 0.1) is 18.6 Å². The highest BCUT2D eigenvalue weighted by atomic mass is 33.1. The van der Waals surface area contributed by atoms with Crippen molar-refractivity contribution < 1.29 is 14.3 Å². The zero-order valence-electron chi connectivity index (χ0n) is 17.7. The Balaban J connectivity index is 1.54. The van der Waals surface area contributed by atoms with Crippen molar-refractivity contribution in [2.45, 2.75) is 38.1 Å². The summed E-state index contributed by atoms with van der Waals surface area (Å²) in [6.07, 6.45) is 4.97. The number of pyridine rings is 2. The minimum atomic E-state index is -0.242. The molecule has 0 saturated heterocycles. The normalized spacial score (nSPS) is 11.1. The van der Waals surface area contributed by atoms with Gasteiger partial charge in [0, 0.05) is 30.4 Å². The predicted molar refractivity (Wildman–Crippen MR) is 126 cm³/mol. The van der Waals surface area contributed by atoms with Crippen LogP contribution in [0.3, 0.4) is 0 Å². The van der Waals surface area contributed by atoms with Crippen LogP contribution in [0, 0.1) is 0 Å². The van der Waals surface area contributed by atoms with E-state index in [-0.39, 0.29) is 18.5 Å². The van der Waals surface area contributed by atoms with E-state index >= 15 is 0 Å². The highest BCUT2D eigenvalue weighted by Crippen LogP contribution is 2.29. The molecule has 2 rings (SSSR count). The summed E-state index contributed by atoms with van der Waals surface area (Å²) in [6.45, 7) is 4.63. The number of esters is 1. The number of nitrogens with one attached hydrogen (secondary N) is 2. The maximum atomic E-state index is 12.1. The van der Waals surface area contributed by atoms with Gasteiger partial charge in [-0.2, -0.15) is 5.10 Å². The largest absolute Gasteiger partial charge is 0.466 e. The third-order valence-corrected chi connectivity index (χ3v) is 6.21. The number of carbonyl (C=O) groups is 2. The highest BCUT2D eigenvalue weighted by molar-refractivity contribution is 8.76. The summed E-state index contributed by atoms with van der Waals surface area (Å²) in [7, 11) is 3.10. The van der Waals surface area contributed by atoms with E-state index in [0.29, 0.717) is 36.5 Å². The van der Waals surface area contributed by atoms with Gasteiger partial charge in [0.25, 0.3) is 5.91 Å². The van der Waals surface area contributed by atoms with Crippen LogP contribution in [0.15, 0.2) is 52.9 Å². The third kappa shape index (κ3) is 10.3. The minimum absolute atomic E-state index is 0.221. The smallest absolute Gasteiger partial charge is 0.306 e. The van der Waals surface area contributed by atoms with Crippen LogP contribution in [0.2, 0.25) is 0 Å². The van der Waals surface area contributed by atoms with Crippen LogP contribution in [-0.4, -0.2) is 46.5 Å². The van der Waals surface area contributed by atoms with Gasteiger partial charge in [-0.05, 0) is 54.8 Å². The Hall–Kier alpha value is -2.59. The fourth-order valence-electron chi connectivity index (χ4n) is 2.08. The van der Waals surface area contributed by atoms with Gasteiger partial charge in [0.15, 0.2) is 0 Å². The second-order valence-electron chi connectivity index (χ2n) is 6.40. The Morgan fingerprint density at radius 2 is 2.06 bits per heavy atom. The molecular formula is C21H27N5O3S2. The van der Waals surface area contributed by atoms with Crippen molar-refractivity contribution in [2.75, 3.05) is 24.3 Å². The van der Waals surface area contributed by atoms with E-state index in [9.17, 15) is 9.59 Å². The molecule has 2 N–H and O–H groups in total. The topological polar surface area (TPSA) is 106 Å². The first-order chi connectivity index (χ1) is 15.1. The second-order valence-corrected chi connectivity index (χ2v) is 8.83. The number of nitrogens with zero attached hydrogens (tertiary/aromatic N) is 3. The number of hydrogen-bond acceptors (Lipinski definition) is 9. The molecule has 0 aliphatic heterocycles. The number of anilines is 1. The molecule has 0 aromatic carbocycles. The van der Waals surface area contributed by atoms with E-state index in [0.717, 1.165) is 17.2 Å². The summed E-state index contributed by atoms with van der Waals surface area (Å²) >= 11 is 0. The molecule has 0 atom stereocenters. The van der Waals surface area contributed by atoms with Crippen LogP contribution < -0.4 is 10.7 Å². The van der Waals surface area contributed by atoms with Gasteiger partial charge < -0.3 is 10.1 Å². The van der Waals surface area contributed by atoms with E-state index in [1.54, 1.807) is 29.1 Å². The third-order valence-electron chi connectivity index (χ3n) is 3.94. The van der Waals surface area contributed by atoms with Gasteiger partial charge in [0.2, 0.25) is 0 Å². The van der Waals surface area contributed by atoms with Crippen LogP contribution in [-0.2, 0) is 9.53 Å². The Labute approximate surface area is 190 Å².